The molecule has 392 valence electrons. The number of likely N-dealkylation sites (N-methyl/N-ethyl adjacent to an activating group) is 4. The van der Waals surface area contributed by atoms with E-state index in [0.29, 0.717) is 24.2 Å². The Labute approximate surface area is 465 Å². The van der Waals surface area contributed by atoms with Crippen LogP contribution in [-0.4, -0.2) is 86.1 Å². The number of benzene rings is 4. The van der Waals surface area contributed by atoms with Crippen molar-refractivity contribution in [3.8, 4) is 11.5 Å². The fourth-order valence-electron chi connectivity index (χ4n) is 9.93. The Balaban J connectivity index is 0.000000538. The first-order chi connectivity index (χ1) is 32.5. The number of rotatable bonds is 10. The summed E-state index contributed by atoms with van der Waals surface area (Å²) in [6.45, 7) is 27.5. The van der Waals surface area contributed by atoms with Crippen molar-refractivity contribution in [2.75, 3.05) is 42.3 Å². The van der Waals surface area contributed by atoms with Gasteiger partial charge in [-0.2, -0.15) is 0 Å². The van der Waals surface area contributed by atoms with Crippen LogP contribution in [0.15, 0.2) is 84.9 Å². The summed E-state index contributed by atoms with van der Waals surface area (Å²) in [4.78, 5) is 9.59. The van der Waals surface area contributed by atoms with Crippen molar-refractivity contribution >= 4 is 0 Å². The van der Waals surface area contributed by atoms with Crippen molar-refractivity contribution in [2.24, 2.45) is 0 Å². The van der Waals surface area contributed by atoms with Crippen LogP contribution in [0.5, 0.6) is 11.5 Å². The summed E-state index contributed by atoms with van der Waals surface area (Å²) in [5.41, 5.74) is 7.86. The van der Waals surface area contributed by atoms with Crippen molar-refractivity contribution in [1.29, 1.82) is 0 Å². The number of nitrogens with zero attached hydrogens (tertiary/aromatic N) is 4. The summed E-state index contributed by atoms with van der Waals surface area (Å²) in [5.74, 6) is 0.471. The van der Waals surface area contributed by atoms with E-state index in [0.717, 1.165) is 46.5 Å². The van der Waals surface area contributed by atoms with Crippen molar-refractivity contribution in [3.05, 3.63) is 129 Å². The van der Waals surface area contributed by atoms with Gasteiger partial charge in [-0.05, 0) is 123 Å². The van der Waals surface area contributed by atoms with Gasteiger partial charge in [0.1, 0.15) is 0 Å². The second kappa shape index (κ2) is 30.3. The summed E-state index contributed by atoms with van der Waals surface area (Å²) in [6, 6.07) is 29.4. The molecule has 8 nitrogen and oxygen atoms in total. The Kier molecular flexibility index (Phi) is 28.4. The quantitative estimate of drug-likeness (QED) is 0.145. The van der Waals surface area contributed by atoms with Crippen LogP contribution in [0.25, 0.3) is 0 Å². The van der Waals surface area contributed by atoms with E-state index in [4.69, 9.17) is 0 Å². The summed E-state index contributed by atoms with van der Waals surface area (Å²) >= 11 is 0. The molecule has 0 spiro atoms. The molecular weight excluding hydrogens is 995 g/mol. The Hall–Kier alpha value is -2.51. The van der Waals surface area contributed by atoms with Crippen molar-refractivity contribution < 1.29 is 59.4 Å². The van der Waals surface area contributed by atoms with Crippen LogP contribution in [0, 0.1) is 0 Å². The van der Waals surface area contributed by atoms with Gasteiger partial charge < -0.3 is 30.2 Å². The van der Waals surface area contributed by atoms with Crippen LogP contribution in [0.1, 0.15) is 179 Å². The molecule has 0 N–H and O–H groups in total. The second-order valence-electron chi connectivity index (χ2n) is 24.9. The molecule has 4 aromatic rings. The molecule has 0 heterocycles. The maximum absolute atomic E-state index is 13.3. The molecule has 6 rings (SSSR count). The average Bonchev–Trinajstić information content (AvgIpc) is 3.29. The summed E-state index contributed by atoms with van der Waals surface area (Å²) < 4.78 is 0. The van der Waals surface area contributed by atoms with Gasteiger partial charge >= 0.3 is 39.0 Å². The first-order valence-electron chi connectivity index (χ1n) is 26.2. The Morgan fingerprint density at radius 3 is 0.917 bits per heavy atom. The minimum absolute atomic E-state index is 0. The van der Waals surface area contributed by atoms with Gasteiger partial charge in [0.25, 0.3) is 0 Å². The SMILES string of the molecule is CN(C)[C@H]1CCCC[C@@H]1N(C)Cc1cc(C(C)(C)C)cc(C(C)(C)C)c1[O-].CN(C)[C@H]1CCCC[C@@H]1N(C)Cc1cc(C(C)(C)C)cc(C(C)(C)C)c1[O-].[O-]Cc1ccccc1.[O-]Cc1ccccc1.[Zn+2].[Zn+2]. The van der Waals surface area contributed by atoms with E-state index in [2.05, 4.69) is 169 Å². The molecule has 10 heteroatoms. The Morgan fingerprint density at radius 1 is 0.417 bits per heavy atom. The normalized spacial score (nSPS) is 18.4. The molecule has 4 atom stereocenters. The van der Waals surface area contributed by atoms with E-state index in [1.165, 1.54) is 62.5 Å². The van der Waals surface area contributed by atoms with Crippen LogP contribution >= 0.6 is 0 Å². The van der Waals surface area contributed by atoms with Gasteiger partial charge in [0, 0.05) is 37.3 Å². The molecule has 0 aliphatic heterocycles. The van der Waals surface area contributed by atoms with Crippen molar-refractivity contribution in [2.45, 2.75) is 207 Å². The Bertz CT molecular complexity index is 1990. The zero-order valence-corrected chi connectivity index (χ0v) is 54.6. The molecule has 2 saturated carbocycles. The zero-order valence-electron chi connectivity index (χ0n) is 48.7. The van der Waals surface area contributed by atoms with Crippen LogP contribution < -0.4 is 20.4 Å². The molecule has 4 aromatic carbocycles. The molecule has 0 aromatic heterocycles. The average molecular weight is 1090 g/mol. The van der Waals surface area contributed by atoms with Crippen LogP contribution in [0.4, 0.5) is 0 Å². The molecule has 2 aliphatic rings. The van der Waals surface area contributed by atoms with Crippen LogP contribution in [-0.2, 0) is 86.9 Å². The molecule has 0 radical (unpaired) electrons. The van der Waals surface area contributed by atoms with E-state index >= 15 is 0 Å². The molecule has 2 fully saturated rings. The third kappa shape index (κ3) is 20.9. The fourth-order valence-corrected chi connectivity index (χ4v) is 9.93. The first kappa shape index (κ1) is 67.5. The van der Waals surface area contributed by atoms with Gasteiger partial charge in [0.05, 0.1) is 0 Å². The van der Waals surface area contributed by atoms with Gasteiger partial charge in [0.15, 0.2) is 0 Å². The molecular formula is C62H96N4O4Zn2. The largest absolute Gasteiger partial charge is 2.00 e. The number of hydrogen-bond donors (Lipinski definition) is 0. The van der Waals surface area contributed by atoms with Gasteiger partial charge in [-0.3, -0.25) is 9.80 Å². The molecule has 0 amide bonds. The Morgan fingerprint density at radius 2 is 0.694 bits per heavy atom. The molecule has 0 saturated heterocycles. The summed E-state index contributed by atoms with van der Waals surface area (Å²) in [7, 11) is 13.2. The zero-order chi connectivity index (χ0) is 52.8. The van der Waals surface area contributed by atoms with E-state index in [1.807, 2.05) is 60.7 Å². The molecule has 2 aliphatic carbocycles. The van der Waals surface area contributed by atoms with Gasteiger partial charge in [-0.25, -0.2) is 0 Å². The van der Waals surface area contributed by atoms with E-state index in [1.54, 1.807) is 0 Å². The van der Waals surface area contributed by atoms with Crippen LogP contribution in [0.2, 0.25) is 0 Å². The van der Waals surface area contributed by atoms with E-state index in [9.17, 15) is 20.4 Å². The van der Waals surface area contributed by atoms with Crippen LogP contribution in [0.3, 0.4) is 0 Å². The minimum atomic E-state index is -0.136. The molecule has 0 unspecified atom stereocenters. The predicted octanol–water partition coefficient (Wildman–Crippen LogP) is 10.4. The minimum Gasteiger partial charge on any atom is -0.872 e. The van der Waals surface area contributed by atoms with E-state index < -0.39 is 0 Å². The molecule has 72 heavy (non-hydrogen) atoms. The number of hydrogen-bond acceptors (Lipinski definition) is 8. The maximum atomic E-state index is 13.3. The fraction of sp³-hybridized carbons (Fsp3) is 0.613. The maximum Gasteiger partial charge on any atom is 2.00 e. The van der Waals surface area contributed by atoms with Gasteiger partial charge in [-0.15, -0.1) is 24.7 Å². The first-order valence-corrected chi connectivity index (χ1v) is 26.2. The monoisotopic (exact) mass is 1090 g/mol. The smallest absolute Gasteiger partial charge is 0.872 e. The third-order valence-electron chi connectivity index (χ3n) is 14.4. The summed E-state index contributed by atoms with van der Waals surface area (Å²) in [6.07, 6.45) is 10.2. The van der Waals surface area contributed by atoms with E-state index in [-0.39, 0.29) is 85.3 Å². The third-order valence-corrected chi connectivity index (χ3v) is 14.4. The van der Waals surface area contributed by atoms with Gasteiger partial charge in [-0.1, -0.05) is 205 Å². The standard InChI is InChI=1S/2C24H42N2O.2C7H7O.2Zn/c2*1-23(2,3)18-14-17(22(27)19(15-18)24(4,5)6)16-26(9)21-13-11-10-12-20(21)25(7)8;2*8-6-7-4-2-1-3-5-7;;/h2*14-15,20-21,27H,10-13,16H2,1-9H3;2*1-5H,6H2;;/q;;2*-1;2*+2/p-2/t2*20-,21-;;;;/m00..../s1. The second-order valence-corrected chi connectivity index (χ2v) is 24.9. The van der Waals surface area contributed by atoms with Gasteiger partial charge in [0.2, 0.25) is 0 Å². The summed E-state index contributed by atoms with van der Waals surface area (Å²) in [5, 5.41) is 46.8. The van der Waals surface area contributed by atoms with Crippen molar-refractivity contribution in [1.82, 2.24) is 19.6 Å². The topological polar surface area (TPSA) is 105 Å². The molecule has 0 bridgehead atoms. The predicted molar refractivity (Wildman–Crippen MR) is 289 cm³/mol. The van der Waals surface area contributed by atoms with Crippen molar-refractivity contribution in [3.63, 3.8) is 0 Å².